The van der Waals surface area contributed by atoms with Crippen LogP contribution in [0.4, 0.5) is 13.2 Å². The van der Waals surface area contributed by atoms with Crippen molar-refractivity contribution in [1.29, 1.82) is 0 Å². The molecule has 0 heterocycles. The molecule has 0 unspecified atom stereocenters. The molecule has 0 atom stereocenters. The van der Waals surface area contributed by atoms with Crippen LogP contribution in [-0.2, 0) is 4.74 Å². The second kappa shape index (κ2) is 7.86. The van der Waals surface area contributed by atoms with Crippen molar-refractivity contribution < 1.29 is 23.0 Å². The Morgan fingerprint density at radius 3 is 2.12 bits per heavy atom. The van der Waals surface area contributed by atoms with E-state index in [1.165, 1.54) is 0 Å². The summed E-state index contributed by atoms with van der Waals surface area (Å²) in [5.41, 5.74) is 0. The third-order valence-electron chi connectivity index (χ3n) is 2.49. The van der Waals surface area contributed by atoms with Crippen LogP contribution in [0, 0.1) is 0 Å². The van der Waals surface area contributed by atoms with Gasteiger partial charge in [0.2, 0.25) is 0 Å². The highest BCUT2D eigenvalue weighted by Crippen LogP contribution is 2.16. The molecule has 1 N–H and O–H groups in total. The van der Waals surface area contributed by atoms with E-state index >= 15 is 0 Å². The van der Waals surface area contributed by atoms with Crippen molar-refractivity contribution in [2.24, 2.45) is 0 Å². The number of rotatable bonds is 8. The molecule has 0 saturated carbocycles. The smallest absolute Gasteiger partial charge is 0.395 e. The zero-order valence-corrected chi connectivity index (χ0v) is 9.76. The van der Waals surface area contributed by atoms with Gasteiger partial charge in [-0.2, -0.15) is 0 Å². The van der Waals surface area contributed by atoms with Crippen molar-refractivity contribution in [2.45, 2.75) is 39.1 Å². The van der Waals surface area contributed by atoms with Gasteiger partial charge in [0, 0.05) is 19.1 Å². The van der Waals surface area contributed by atoms with Crippen LogP contribution in [0.2, 0.25) is 0 Å². The van der Waals surface area contributed by atoms with Gasteiger partial charge in [0.15, 0.2) is 0 Å². The van der Waals surface area contributed by atoms with Gasteiger partial charge in [0.05, 0.1) is 13.2 Å². The van der Waals surface area contributed by atoms with E-state index in [4.69, 9.17) is 5.11 Å². The molecule has 0 amide bonds. The largest absolute Gasteiger partial charge is 0.522 e. The number of hydrogen-bond donors (Lipinski definition) is 1. The summed E-state index contributed by atoms with van der Waals surface area (Å²) in [6.45, 7) is 4.08. The van der Waals surface area contributed by atoms with E-state index in [1.54, 1.807) is 0 Å². The van der Waals surface area contributed by atoms with E-state index in [0.717, 1.165) is 12.8 Å². The Bertz CT molecular complexity index is 172. The summed E-state index contributed by atoms with van der Waals surface area (Å²) in [5, 5.41) is 8.83. The Morgan fingerprint density at radius 2 is 1.75 bits per heavy atom. The molecule has 0 aliphatic heterocycles. The fourth-order valence-corrected chi connectivity index (χ4v) is 1.69. The standard InChI is InChI=1S/C10H20F3NO2/c1-3-9(4-2)14(5-7-15)6-8-16-10(11,12)13/h9,15H,3-8H2,1-2H3. The van der Waals surface area contributed by atoms with Crippen LogP contribution in [0.5, 0.6) is 0 Å². The third-order valence-corrected chi connectivity index (χ3v) is 2.49. The van der Waals surface area contributed by atoms with Gasteiger partial charge < -0.3 is 5.11 Å². The molecular formula is C10H20F3NO2. The van der Waals surface area contributed by atoms with Crippen molar-refractivity contribution >= 4 is 0 Å². The Hall–Kier alpha value is -0.330. The van der Waals surface area contributed by atoms with E-state index in [-0.39, 0.29) is 25.8 Å². The number of hydrogen-bond acceptors (Lipinski definition) is 3. The third kappa shape index (κ3) is 7.03. The summed E-state index contributed by atoms with van der Waals surface area (Å²) in [6.07, 6.45) is -2.87. The molecular weight excluding hydrogens is 223 g/mol. The maximum absolute atomic E-state index is 11.8. The number of halogens is 3. The quantitative estimate of drug-likeness (QED) is 0.707. The van der Waals surface area contributed by atoms with Crippen LogP contribution in [0.3, 0.4) is 0 Å². The Kier molecular flexibility index (Phi) is 7.70. The van der Waals surface area contributed by atoms with Gasteiger partial charge in [-0.1, -0.05) is 13.8 Å². The highest BCUT2D eigenvalue weighted by molar-refractivity contribution is 4.68. The fourth-order valence-electron chi connectivity index (χ4n) is 1.69. The zero-order valence-electron chi connectivity index (χ0n) is 9.76. The average Bonchev–Trinajstić information content (AvgIpc) is 2.17. The van der Waals surface area contributed by atoms with Gasteiger partial charge in [-0.15, -0.1) is 13.2 Å². The molecule has 0 aromatic carbocycles. The summed E-state index contributed by atoms with van der Waals surface area (Å²) in [4.78, 5) is 1.83. The molecule has 6 heteroatoms. The molecule has 98 valence electrons. The molecule has 3 nitrogen and oxygen atoms in total. The number of aliphatic hydroxyl groups is 1. The Labute approximate surface area is 94.2 Å². The molecule has 16 heavy (non-hydrogen) atoms. The molecule has 0 spiro atoms. The number of alkyl halides is 3. The van der Waals surface area contributed by atoms with Gasteiger partial charge in [0.1, 0.15) is 0 Å². The molecule has 0 aliphatic rings. The Morgan fingerprint density at radius 1 is 1.19 bits per heavy atom. The molecule has 0 fully saturated rings. The van der Waals surface area contributed by atoms with Gasteiger partial charge >= 0.3 is 6.36 Å². The summed E-state index contributed by atoms with van der Waals surface area (Å²) >= 11 is 0. The van der Waals surface area contributed by atoms with Gasteiger partial charge in [-0.3, -0.25) is 9.64 Å². The molecule has 0 aliphatic carbocycles. The van der Waals surface area contributed by atoms with E-state index in [9.17, 15) is 13.2 Å². The summed E-state index contributed by atoms with van der Waals surface area (Å²) < 4.78 is 39.0. The highest BCUT2D eigenvalue weighted by atomic mass is 19.4. The van der Waals surface area contributed by atoms with E-state index in [1.807, 2.05) is 18.7 Å². The highest BCUT2D eigenvalue weighted by Gasteiger charge is 2.29. The minimum absolute atomic E-state index is 0.0531. The molecule has 0 aromatic rings. The van der Waals surface area contributed by atoms with Crippen molar-refractivity contribution in [1.82, 2.24) is 4.90 Å². The maximum Gasteiger partial charge on any atom is 0.522 e. The first-order valence-corrected chi connectivity index (χ1v) is 5.50. The minimum atomic E-state index is -4.57. The number of ether oxygens (including phenoxy) is 1. The molecule has 0 bridgehead atoms. The summed E-state index contributed by atoms with van der Waals surface area (Å²) in [5.74, 6) is 0. The second-order valence-electron chi connectivity index (χ2n) is 3.52. The number of aliphatic hydroxyl groups excluding tert-OH is 1. The Balaban J connectivity index is 4.02. The van der Waals surface area contributed by atoms with Crippen LogP contribution in [-0.4, -0.2) is 48.7 Å². The number of nitrogens with zero attached hydrogens (tertiary/aromatic N) is 1. The van der Waals surface area contributed by atoms with E-state index in [0.29, 0.717) is 6.54 Å². The maximum atomic E-state index is 11.8. The second-order valence-corrected chi connectivity index (χ2v) is 3.52. The van der Waals surface area contributed by atoms with Crippen LogP contribution >= 0.6 is 0 Å². The van der Waals surface area contributed by atoms with E-state index in [2.05, 4.69) is 4.74 Å². The van der Waals surface area contributed by atoms with Gasteiger partial charge in [0.25, 0.3) is 0 Å². The normalized spacial score (nSPS) is 12.8. The molecule has 0 rings (SSSR count). The fraction of sp³-hybridized carbons (Fsp3) is 1.00. The average molecular weight is 243 g/mol. The van der Waals surface area contributed by atoms with E-state index < -0.39 is 6.36 Å². The van der Waals surface area contributed by atoms with Crippen LogP contribution in [0.15, 0.2) is 0 Å². The summed E-state index contributed by atoms with van der Waals surface area (Å²) in [6, 6.07) is 0.198. The van der Waals surface area contributed by atoms with Gasteiger partial charge in [-0.25, -0.2) is 0 Å². The predicted octanol–water partition coefficient (Wildman–Crippen LogP) is 2.01. The van der Waals surface area contributed by atoms with Crippen LogP contribution < -0.4 is 0 Å². The molecule has 0 aromatic heterocycles. The predicted molar refractivity (Wildman–Crippen MR) is 55.0 cm³/mol. The molecule has 0 radical (unpaired) electrons. The monoisotopic (exact) mass is 243 g/mol. The lowest BCUT2D eigenvalue weighted by Crippen LogP contribution is -2.39. The van der Waals surface area contributed by atoms with Gasteiger partial charge in [-0.05, 0) is 12.8 Å². The van der Waals surface area contributed by atoms with Crippen molar-refractivity contribution in [3.05, 3.63) is 0 Å². The first-order chi connectivity index (χ1) is 7.44. The first kappa shape index (κ1) is 15.7. The van der Waals surface area contributed by atoms with Crippen molar-refractivity contribution in [3.8, 4) is 0 Å². The lowest BCUT2D eigenvalue weighted by molar-refractivity contribution is -0.325. The summed E-state index contributed by atoms with van der Waals surface area (Å²) in [7, 11) is 0. The topological polar surface area (TPSA) is 32.7 Å². The molecule has 0 saturated heterocycles. The first-order valence-electron chi connectivity index (χ1n) is 5.50. The van der Waals surface area contributed by atoms with Crippen molar-refractivity contribution in [2.75, 3.05) is 26.3 Å². The van der Waals surface area contributed by atoms with Crippen LogP contribution in [0.25, 0.3) is 0 Å². The van der Waals surface area contributed by atoms with Crippen LogP contribution in [0.1, 0.15) is 26.7 Å². The lowest BCUT2D eigenvalue weighted by atomic mass is 10.1. The lowest BCUT2D eigenvalue weighted by Gasteiger charge is -2.29. The zero-order chi connectivity index (χ0) is 12.6. The minimum Gasteiger partial charge on any atom is -0.395 e. The van der Waals surface area contributed by atoms with Crippen molar-refractivity contribution in [3.63, 3.8) is 0 Å². The SMILES string of the molecule is CCC(CC)N(CCO)CCOC(F)(F)F.